The van der Waals surface area contributed by atoms with Gasteiger partial charge in [-0.15, -0.1) is 0 Å². The largest absolute Gasteiger partial charge is 0.325 e. The second-order valence-electron chi connectivity index (χ2n) is 11.1. The summed E-state index contributed by atoms with van der Waals surface area (Å²) in [6.45, 7) is 19.6. The highest BCUT2D eigenvalue weighted by Gasteiger charge is 2.79. The van der Waals surface area contributed by atoms with Crippen molar-refractivity contribution in [1.29, 1.82) is 0 Å². The molecule has 0 aromatic carbocycles. The third-order valence-corrected chi connectivity index (χ3v) is 10.6. The van der Waals surface area contributed by atoms with Crippen molar-refractivity contribution in [3.63, 3.8) is 0 Å². The van der Waals surface area contributed by atoms with Gasteiger partial charge < -0.3 is 5.73 Å². The Kier molecular flexibility index (Phi) is 4.22. The summed E-state index contributed by atoms with van der Waals surface area (Å²) in [6.07, 6.45) is 10.2. The van der Waals surface area contributed by atoms with E-state index in [2.05, 4.69) is 46.9 Å². The quantitative estimate of drug-likeness (QED) is 0.427. The van der Waals surface area contributed by atoms with E-state index < -0.39 is 21.9 Å². The van der Waals surface area contributed by atoms with Crippen LogP contribution < -0.4 is 5.73 Å². The van der Waals surface area contributed by atoms with Crippen molar-refractivity contribution in [1.82, 2.24) is 0 Å². The van der Waals surface area contributed by atoms with Crippen LogP contribution in [0.4, 0.5) is 4.39 Å². The molecule has 0 amide bonds. The molecular weight excluding hydrogens is 356 g/mol. The molecule has 4 aliphatic rings. The summed E-state index contributed by atoms with van der Waals surface area (Å²) in [5.74, 6) is 0.319. The minimum absolute atomic E-state index is 0.141. The Morgan fingerprint density at radius 3 is 2.55 bits per heavy atom. The summed E-state index contributed by atoms with van der Waals surface area (Å²) in [4.78, 5) is 0. The maximum absolute atomic E-state index is 17.4. The zero-order valence-electron chi connectivity index (χ0n) is 19.0. The van der Waals surface area contributed by atoms with Gasteiger partial charge in [-0.05, 0) is 73.1 Å². The lowest BCUT2D eigenvalue weighted by Gasteiger charge is -2.71. The van der Waals surface area contributed by atoms with Crippen LogP contribution in [0.2, 0.25) is 5.31 Å². The lowest BCUT2D eigenvalue weighted by atomic mass is 9.30. The van der Waals surface area contributed by atoms with Crippen LogP contribution >= 0.6 is 0 Å². The number of fused-ring (bicyclic) bond motifs is 5. The van der Waals surface area contributed by atoms with E-state index in [1.165, 1.54) is 5.57 Å². The third-order valence-electron chi connectivity index (χ3n) is 10.6. The summed E-state index contributed by atoms with van der Waals surface area (Å²) < 4.78 is 17.4. The van der Waals surface area contributed by atoms with Crippen molar-refractivity contribution < 1.29 is 4.39 Å². The minimum Gasteiger partial charge on any atom is -0.325 e. The van der Waals surface area contributed by atoms with E-state index in [4.69, 9.17) is 13.6 Å². The van der Waals surface area contributed by atoms with Gasteiger partial charge in [0.25, 0.3) is 0 Å². The number of alkyl halides is 1. The van der Waals surface area contributed by atoms with Crippen LogP contribution in [0, 0.1) is 22.2 Å². The van der Waals surface area contributed by atoms with Gasteiger partial charge >= 0.3 is 0 Å². The molecule has 0 spiro atoms. The Bertz CT molecular complexity index is 859. The molecule has 3 heteroatoms. The van der Waals surface area contributed by atoms with Gasteiger partial charge in [0, 0.05) is 11.0 Å². The van der Waals surface area contributed by atoms with E-state index >= 15 is 4.39 Å². The molecule has 2 N–H and O–H groups in total. The van der Waals surface area contributed by atoms with Gasteiger partial charge in [-0.1, -0.05) is 70.2 Å². The summed E-state index contributed by atoms with van der Waals surface area (Å²) >= 11 is 0. The van der Waals surface area contributed by atoms with Crippen LogP contribution in [0.25, 0.3) is 0 Å². The first-order chi connectivity index (χ1) is 13.3. The SMILES string of the molecule is [B]C12CCC3=CC(=C)C=CC3(C)[C@@]1(F)CCC1(C)[C@@]2(N)C[C@@H](C)[C@]1(C)C(=C)CC. The van der Waals surface area contributed by atoms with Gasteiger partial charge in [-0.3, -0.25) is 0 Å². The molecule has 0 aromatic heterocycles. The fourth-order valence-corrected chi connectivity index (χ4v) is 8.18. The Labute approximate surface area is 178 Å². The third kappa shape index (κ3) is 1.98. The summed E-state index contributed by atoms with van der Waals surface area (Å²) in [5.41, 5.74) is 7.16. The van der Waals surface area contributed by atoms with Crippen LogP contribution in [-0.4, -0.2) is 19.1 Å². The molecule has 4 aliphatic carbocycles. The number of halogens is 1. The summed E-state index contributed by atoms with van der Waals surface area (Å²) in [5, 5.41) is -1.08. The number of nitrogens with two attached hydrogens (primary N) is 1. The van der Waals surface area contributed by atoms with Crippen molar-refractivity contribution in [2.45, 2.75) is 89.7 Å². The standard InChI is InChI=1S/C26H37BFN/c1-8-18(3)23(7)19(4)16-26(29)22(23,6)13-14-25(28)21(5)11-9-17(2)15-20(21)10-12-24(25,26)27/h9,11,15,19H,2-3,8,10,12-14,16,29H2,1,4-7H3/t19-,21?,22?,23+,24?,25+,26+/m1/s1. The number of hydrogen-bond donors (Lipinski definition) is 1. The molecule has 7 atom stereocenters. The van der Waals surface area contributed by atoms with Crippen LogP contribution in [-0.2, 0) is 0 Å². The van der Waals surface area contributed by atoms with Crippen molar-refractivity contribution in [2.75, 3.05) is 0 Å². The molecular formula is C26H37BFN. The molecule has 0 aliphatic heterocycles. The van der Waals surface area contributed by atoms with Gasteiger partial charge in [-0.25, -0.2) is 4.39 Å². The predicted molar refractivity (Wildman–Crippen MR) is 122 cm³/mol. The van der Waals surface area contributed by atoms with Crippen molar-refractivity contribution in [3.8, 4) is 0 Å². The van der Waals surface area contributed by atoms with Gasteiger partial charge in [0.05, 0.1) is 7.85 Å². The Morgan fingerprint density at radius 1 is 1.28 bits per heavy atom. The topological polar surface area (TPSA) is 26.0 Å². The normalized spacial score (nSPS) is 53.7. The number of allylic oxidation sites excluding steroid dienone is 6. The Morgan fingerprint density at radius 2 is 1.93 bits per heavy atom. The molecule has 0 heterocycles. The molecule has 1 nitrogen and oxygen atoms in total. The zero-order valence-corrected chi connectivity index (χ0v) is 19.0. The fourth-order valence-electron chi connectivity index (χ4n) is 8.18. The average Bonchev–Trinajstić information content (AvgIpc) is 2.84. The summed E-state index contributed by atoms with van der Waals surface area (Å²) in [7, 11) is 7.24. The van der Waals surface area contributed by atoms with E-state index in [1.807, 2.05) is 19.1 Å². The van der Waals surface area contributed by atoms with Crippen molar-refractivity contribution >= 4 is 7.85 Å². The first-order valence-electron chi connectivity index (χ1n) is 11.3. The van der Waals surface area contributed by atoms with Crippen LogP contribution in [0.5, 0.6) is 0 Å². The van der Waals surface area contributed by atoms with Gasteiger partial charge in [0.2, 0.25) is 0 Å². The monoisotopic (exact) mass is 393 g/mol. The highest BCUT2D eigenvalue weighted by atomic mass is 19.1. The van der Waals surface area contributed by atoms with Crippen LogP contribution in [0.3, 0.4) is 0 Å². The van der Waals surface area contributed by atoms with E-state index in [0.717, 1.165) is 36.8 Å². The molecule has 0 bridgehead atoms. The molecule has 0 saturated heterocycles. The molecule has 156 valence electrons. The Balaban J connectivity index is 1.92. The van der Waals surface area contributed by atoms with Crippen LogP contribution in [0.15, 0.2) is 48.1 Å². The molecule has 4 rings (SSSR count). The zero-order chi connectivity index (χ0) is 21.7. The molecule has 29 heavy (non-hydrogen) atoms. The second-order valence-corrected chi connectivity index (χ2v) is 11.1. The maximum Gasteiger partial charge on any atom is 0.123 e. The van der Waals surface area contributed by atoms with Gasteiger partial charge in [-0.2, -0.15) is 0 Å². The van der Waals surface area contributed by atoms with Gasteiger partial charge in [0.1, 0.15) is 5.67 Å². The van der Waals surface area contributed by atoms with E-state index in [-0.39, 0.29) is 10.8 Å². The van der Waals surface area contributed by atoms with Crippen LogP contribution in [0.1, 0.15) is 73.1 Å². The molecule has 3 fully saturated rings. The number of hydrogen-bond acceptors (Lipinski definition) is 1. The predicted octanol–water partition coefficient (Wildman–Crippen LogP) is 6.38. The second kappa shape index (κ2) is 5.78. The molecule has 3 saturated carbocycles. The first-order valence-corrected chi connectivity index (χ1v) is 11.3. The smallest absolute Gasteiger partial charge is 0.123 e. The lowest BCUT2D eigenvalue weighted by molar-refractivity contribution is -0.135. The Hall–Kier alpha value is -1.09. The van der Waals surface area contributed by atoms with Crippen molar-refractivity contribution in [2.24, 2.45) is 27.9 Å². The highest BCUT2D eigenvalue weighted by molar-refractivity contribution is 6.18. The first kappa shape index (κ1) is 21.2. The van der Waals surface area contributed by atoms with E-state index in [9.17, 15) is 0 Å². The highest BCUT2D eigenvalue weighted by Crippen LogP contribution is 2.80. The van der Waals surface area contributed by atoms with E-state index in [0.29, 0.717) is 18.8 Å². The fraction of sp³-hybridized carbons (Fsp3) is 0.692. The van der Waals surface area contributed by atoms with Crippen molar-refractivity contribution in [3.05, 3.63) is 48.1 Å². The molecule has 3 unspecified atom stereocenters. The minimum atomic E-state index is -1.58. The average molecular weight is 393 g/mol. The lowest BCUT2D eigenvalue weighted by Crippen LogP contribution is -2.75. The summed E-state index contributed by atoms with van der Waals surface area (Å²) in [6, 6.07) is 0. The van der Waals surface area contributed by atoms with E-state index in [1.54, 1.807) is 0 Å². The van der Waals surface area contributed by atoms with Gasteiger partial charge in [0.15, 0.2) is 0 Å². The maximum atomic E-state index is 17.4. The molecule has 0 aromatic rings. The number of rotatable bonds is 2. The molecule has 2 radical (unpaired) electrons.